The van der Waals surface area contributed by atoms with Gasteiger partial charge in [-0.3, -0.25) is 9.36 Å². The van der Waals surface area contributed by atoms with Gasteiger partial charge in [0.2, 0.25) is 5.88 Å². The van der Waals surface area contributed by atoms with Crippen molar-refractivity contribution in [3.8, 4) is 5.88 Å². The van der Waals surface area contributed by atoms with E-state index >= 15 is 0 Å². The Kier molecular flexibility index (Phi) is 7.13. The Morgan fingerprint density at radius 3 is 2.72 bits per heavy atom. The molecule has 1 N–H and O–H groups in total. The number of halogens is 3. The molecule has 0 aliphatic carbocycles. The van der Waals surface area contributed by atoms with Crippen molar-refractivity contribution in [3.63, 3.8) is 0 Å². The first kappa shape index (κ1) is 23.3. The maximum Gasteiger partial charge on any atom is 0.407 e. The van der Waals surface area contributed by atoms with Gasteiger partial charge >= 0.3 is 6.09 Å². The summed E-state index contributed by atoms with van der Waals surface area (Å²) in [5.41, 5.74) is 0.145. The lowest BCUT2D eigenvalue weighted by molar-refractivity contribution is 0.152. The molecule has 0 atom stereocenters. The van der Waals surface area contributed by atoms with Crippen molar-refractivity contribution in [2.75, 3.05) is 7.05 Å². The molecule has 12 heteroatoms. The van der Waals surface area contributed by atoms with Gasteiger partial charge in [-0.2, -0.15) is 4.98 Å². The first-order chi connectivity index (χ1) is 15.2. The van der Waals surface area contributed by atoms with E-state index in [0.29, 0.717) is 11.5 Å². The molecule has 0 fully saturated rings. The average Bonchev–Trinajstić information content (AvgIpc) is 2.74. The number of aromatic nitrogens is 4. The highest BCUT2D eigenvalue weighted by Gasteiger charge is 2.16. The van der Waals surface area contributed by atoms with Gasteiger partial charge in [0.1, 0.15) is 34.4 Å². The highest BCUT2D eigenvalue weighted by Crippen LogP contribution is 2.21. The highest BCUT2D eigenvalue weighted by molar-refractivity contribution is 9.10. The largest absolute Gasteiger partial charge is 0.472 e. The van der Waals surface area contributed by atoms with Gasteiger partial charge in [0.15, 0.2) is 0 Å². The molecule has 2 aromatic heterocycles. The molecule has 9 nitrogen and oxygen atoms in total. The van der Waals surface area contributed by atoms with Crippen LogP contribution in [0.4, 0.5) is 13.6 Å². The molecule has 32 heavy (non-hydrogen) atoms. The predicted octanol–water partition coefficient (Wildman–Crippen LogP) is 3.12. The average molecular weight is 510 g/mol. The Morgan fingerprint density at radius 2 is 2.03 bits per heavy atom. The van der Waals surface area contributed by atoms with Gasteiger partial charge in [0.05, 0.1) is 18.8 Å². The molecule has 1 amide bonds. The maximum atomic E-state index is 13.8. The number of carboxylic acid groups (broad SMARTS) is 1. The zero-order chi connectivity index (χ0) is 23.4. The second kappa shape index (κ2) is 9.81. The third-order valence-corrected chi connectivity index (χ3v) is 5.12. The summed E-state index contributed by atoms with van der Waals surface area (Å²) in [5, 5.41) is 8.98. The number of aryl methyl sites for hydroxylation is 1. The number of benzene rings is 1. The van der Waals surface area contributed by atoms with Gasteiger partial charge in [-0.05, 0) is 41.1 Å². The van der Waals surface area contributed by atoms with Crippen LogP contribution in [0.25, 0.3) is 0 Å². The van der Waals surface area contributed by atoms with Crippen molar-refractivity contribution in [3.05, 3.63) is 79.8 Å². The SMILES string of the molecule is Cc1nc(OCc2ccc(F)cc2F)c(Br)c(=O)n1Cc1ccnc(CN(C)C(=O)O)n1. The van der Waals surface area contributed by atoms with Gasteiger partial charge in [0.25, 0.3) is 5.56 Å². The minimum absolute atomic E-state index is 0.00821. The maximum absolute atomic E-state index is 13.8. The zero-order valence-electron chi connectivity index (χ0n) is 17.0. The highest BCUT2D eigenvalue weighted by atomic mass is 79.9. The van der Waals surface area contributed by atoms with Crippen molar-refractivity contribution in [1.82, 2.24) is 24.4 Å². The Hall–Kier alpha value is -3.41. The van der Waals surface area contributed by atoms with Crippen LogP contribution in [0, 0.1) is 18.6 Å². The van der Waals surface area contributed by atoms with Crippen LogP contribution >= 0.6 is 15.9 Å². The molecular weight excluding hydrogens is 492 g/mol. The Labute approximate surface area is 189 Å². The van der Waals surface area contributed by atoms with Gasteiger partial charge in [-0.1, -0.05) is 0 Å². The number of carbonyl (C=O) groups is 1. The number of rotatable bonds is 7. The molecule has 2 heterocycles. The summed E-state index contributed by atoms with van der Waals surface area (Å²) in [6.07, 6.45) is 0.362. The van der Waals surface area contributed by atoms with Gasteiger partial charge < -0.3 is 14.7 Å². The molecule has 168 valence electrons. The van der Waals surface area contributed by atoms with E-state index in [1.165, 1.54) is 23.9 Å². The fourth-order valence-electron chi connectivity index (χ4n) is 2.73. The first-order valence-corrected chi connectivity index (χ1v) is 10.0. The molecule has 0 spiro atoms. The normalized spacial score (nSPS) is 10.8. The summed E-state index contributed by atoms with van der Waals surface area (Å²) in [4.78, 5) is 37.4. The smallest absolute Gasteiger partial charge is 0.407 e. The van der Waals surface area contributed by atoms with E-state index < -0.39 is 23.3 Å². The number of nitrogens with zero attached hydrogens (tertiary/aromatic N) is 5. The Bertz CT molecular complexity index is 1220. The lowest BCUT2D eigenvalue weighted by Crippen LogP contribution is -2.27. The number of ether oxygens (including phenoxy) is 1. The molecule has 1 aromatic carbocycles. The summed E-state index contributed by atoms with van der Waals surface area (Å²) in [5.74, 6) is -0.897. The summed E-state index contributed by atoms with van der Waals surface area (Å²) < 4.78 is 33.7. The minimum atomic E-state index is -1.12. The van der Waals surface area contributed by atoms with E-state index in [0.717, 1.165) is 17.0 Å². The lowest BCUT2D eigenvalue weighted by atomic mass is 10.2. The van der Waals surface area contributed by atoms with Crippen LogP contribution in [0.15, 0.2) is 39.7 Å². The summed E-state index contributed by atoms with van der Waals surface area (Å²) >= 11 is 3.17. The van der Waals surface area contributed by atoms with E-state index in [-0.39, 0.29) is 41.4 Å². The van der Waals surface area contributed by atoms with Crippen LogP contribution in [0.2, 0.25) is 0 Å². The minimum Gasteiger partial charge on any atom is -0.472 e. The monoisotopic (exact) mass is 509 g/mol. The molecule has 0 unspecified atom stereocenters. The second-order valence-electron chi connectivity index (χ2n) is 6.80. The summed E-state index contributed by atoms with van der Waals surface area (Å²) in [6.45, 7) is 1.41. The van der Waals surface area contributed by atoms with Gasteiger partial charge in [0, 0.05) is 24.9 Å². The number of amides is 1. The zero-order valence-corrected chi connectivity index (χ0v) is 18.6. The van der Waals surface area contributed by atoms with Crippen molar-refractivity contribution < 1.29 is 23.4 Å². The third-order valence-electron chi connectivity index (χ3n) is 4.44. The number of hydrogen-bond donors (Lipinski definition) is 1. The van der Waals surface area contributed by atoms with Crippen LogP contribution in [0.3, 0.4) is 0 Å². The molecule has 0 aliphatic heterocycles. The van der Waals surface area contributed by atoms with Crippen molar-refractivity contribution in [1.29, 1.82) is 0 Å². The fraction of sp³-hybridized carbons (Fsp3) is 0.250. The van der Waals surface area contributed by atoms with Crippen LogP contribution < -0.4 is 10.3 Å². The Balaban J connectivity index is 1.80. The van der Waals surface area contributed by atoms with E-state index in [2.05, 4.69) is 30.9 Å². The van der Waals surface area contributed by atoms with E-state index in [9.17, 15) is 18.4 Å². The topological polar surface area (TPSA) is 110 Å². The van der Waals surface area contributed by atoms with Crippen LogP contribution in [-0.4, -0.2) is 42.7 Å². The predicted molar refractivity (Wildman–Crippen MR) is 112 cm³/mol. The lowest BCUT2D eigenvalue weighted by Gasteiger charge is -2.14. The van der Waals surface area contributed by atoms with Crippen molar-refractivity contribution >= 4 is 22.0 Å². The molecule has 0 radical (unpaired) electrons. The molecule has 3 rings (SSSR count). The molecule has 0 saturated heterocycles. The van der Waals surface area contributed by atoms with Gasteiger partial charge in [-0.25, -0.2) is 23.5 Å². The standard InChI is InChI=1S/C20H18BrF2N5O4/c1-11-25-18(32-10-12-3-4-13(22)7-15(12)23)17(21)19(29)28(11)8-14-5-6-24-16(26-14)9-27(2)20(30)31/h3-7H,8-10H2,1-2H3,(H,30,31). The summed E-state index contributed by atoms with van der Waals surface area (Å²) in [6, 6.07) is 4.71. The van der Waals surface area contributed by atoms with Crippen molar-refractivity contribution in [2.45, 2.75) is 26.6 Å². The van der Waals surface area contributed by atoms with E-state index in [1.54, 1.807) is 13.0 Å². The van der Waals surface area contributed by atoms with Crippen molar-refractivity contribution in [2.24, 2.45) is 0 Å². The molecule has 0 saturated carbocycles. The number of hydrogen-bond acceptors (Lipinski definition) is 6. The molecule has 0 bridgehead atoms. The molecule has 0 aliphatic rings. The molecular formula is C20H18BrF2N5O4. The summed E-state index contributed by atoms with van der Waals surface area (Å²) in [7, 11) is 1.39. The van der Waals surface area contributed by atoms with Gasteiger partial charge in [-0.15, -0.1) is 0 Å². The first-order valence-electron chi connectivity index (χ1n) is 9.24. The van der Waals surface area contributed by atoms with E-state index in [1.807, 2.05) is 0 Å². The fourth-order valence-corrected chi connectivity index (χ4v) is 3.14. The van der Waals surface area contributed by atoms with E-state index in [4.69, 9.17) is 9.84 Å². The third kappa shape index (κ3) is 5.44. The Morgan fingerprint density at radius 1 is 1.28 bits per heavy atom. The quantitative estimate of drug-likeness (QED) is 0.520. The second-order valence-corrected chi connectivity index (χ2v) is 7.59. The van der Waals surface area contributed by atoms with Crippen LogP contribution in [-0.2, 0) is 19.7 Å². The molecule has 3 aromatic rings. The van der Waals surface area contributed by atoms with Crippen LogP contribution in [0.5, 0.6) is 5.88 Å². The van der Waals surface area contributed by atoms with Crippen LogP contribution in [0.1, 0.15) is 22.9 Å².